The van der Waals surface area contributed by atoms with Crippen molar-refractivity contribution < 1.29 is 32.8 Å². The normalized spacial score (nSPS) is 13.9. The summed E-state index contributed by atoms with van der Waals surface area (Å²) in [4.78, 5) is 22.2. The number of nitrogens with two attached hydrogens (primary N) is 1. The SMILES string of the molecule is CCCCCCC=CCCCCCCCC(=O)OC[C@H](COP(=O)(O)OCCN)OC=CCCCCCCC=CCCCCCCCC. The molecule has 0 bridgehead atoms. The Morgan fingerprint density at radius 2 is 1.06 bits per heavy atom. The number of hydrogen-bond acceptors (Lipinski definition) is 7. The lowest BCUT2D eigenvalue weighted by Crippen LogP contribution is -2.25. The fourth-order valence-electron chi connectivity index (χ4n) is 5.14. The van der Waals surface area contributed by atoms with E-state index in [0.29, 0.717) is 6.42 Å². The molecule has 0 aromatic carbocycles. The molecule has 0 fully saturated rings. The molecule has 0 rings (SSSR count). The van der Waals surface area contributed by atoms with Gasteiger partial charge >= 0.3 is 13.8 Å². The third-order valence-electron chi connectivity index (χ3n) is 8.12. The van der Waals surface area contributed by atoms with Crippen molar-refractivity contribution in [1.82, 2.24) is 0 Å². The van der Waals surface area contributed by atoms with Crippen molar-refractivity contribution >= 4 is 13.8 Å². The standard InChI is InChI=1S/C39H74NO7P/c1-3-5-7-9-11-13-15-17-18-19-21-23-25-27-29-31-34-44-38(37-47-48(42,43)46-35-33-40)36-45-39(41)32-30-28-26-24-22-20-16-14-12-10-8-6-4-2/h14,16-18,31,34,38H,3-13,15,19-30,32-33,35-37,40H2,1-2H3,(H,42,43)/t38-/m1/s1. The number of ether oxygens (including phenoxy) is 2. The van der Waals surface area contributed by atoms with Gasteiger partial charge in [0.25, 0.3) is 0 Å². The highest BCUT2D eigenvalue weighted by Gasteiger charge is 2.24. The molecule has 0 amide bonds. The van der Waals surface area contributed by atoms with Crippen LogP contribution in [0.5, 0.6) is 0 Å². The van der Waals surface area contributed by atoms with Crippen LogP contribution in [0.3, 0.4) is 0 Å². The molecule has 0 aliphatic carbocycles. The Kier molecular flexibility index (Phi) is 35.7. The highest BCUT2D eigenvalue weighted by Crippen LogP contribution is 2.43. The molecule has 0 saturated carbocycles. The van der Waals surface area contributed by atoms with Gasteiger partial charge in [0.05, 0.1) is 19.5 Å². The number of phosphoric acid groups is 1. The molecular weight excluding hydrogens is 625 g/mol. The molecule has 0 aliphatic rings. The zero-order chi connectivity index (χ0) is 35.2. The Labute approximate surface area is 295 Å². The van der Waals surface area contributed by atoms with Crippen LogP contribution in [0.15, 0.2) is 36.6 Å². The minimum absolute atomic E-state index is 0.0722. The van der Waals surface area contributed by atoms with E-state index in [4.69, 9.17) is 24.3 Å². The fraction of sp³-hybridized carbons (Fsp3) is 0.821. The molecule has 0 aromatic heterocycles. The fourth-order valence-corrected chi connectivity index (χ4v) is 5.91. The van der Waals surface area contributed by atoms with E-state index >= 15 is 0 Å². The smallest absolute Gasteiger partial charge is 0.472 e. The average molecular weight is 700 g/mol. The van der Waals surface area contributed by atoms with E-state index in [0.717, 1.165) is 51.4 Å². The van der Waals surface area contributed by atoms with Gasteiger partial charge in [0, 0.05) is 13.0 Å². The molecule has 1 unspecified atom stereocenters. The second-order valence-electron chi connectivity index (χ2n) is 12.8. The number of rotatable bonds is 37. The van der Waals surface area contributed by atoms with Gasteiger partial charge in [-0.05, 0) is 76.7 Å². The third-order valence-corrected chi connectivity index (χ3v) is 9.10. The maximum absolute atomic E-state index is 12.3. The lowest BCUT2D eigenvalue weighted by molar-refractivity contribution is -0.147. The van der Waals surface area contributed by atoms with Crippen LogP contribution in [-0.2, 0) is 27.9 Å². The molecule has 9 heteroatoms. The number of allylic oxidation sites excluding steroid dienone is 5. The summed E-state index contributed by atoms with van der Waals surface area (Å²) in [5.74, 6) is -0.303. The number of hydrogen-bond donors (Lipinski definition) is 2. The van der Waals surface area contributed by atoms with Crippen LogP contribution in [0.2, 0.25) is 0 Å². The first-order valence-electron chi connectivity index (χ1n) is 19.5. The van der Waals surface area contributed by atoms with Crippen LogP contribution in [0.4, 0.5) is 0 Å². The quantitative estimate of drug-likeness (QED) is 0.0216. The number of phosphoric ester groups is 1. The molecule has 48 heavy (non-hydrogen) atoms. The van der Waals surface area contributed by atoms with Gasteiger partial charge in [-0.1, -0.05) is 122 Å². The van der Waals surface area contributed by atoms with Crippen LogP contribution in [0.1, 0.15) is 174 Å². The molecule has 282 valence electrons. The Morgan fingerprint density at radius 3 is 1.56 bits per heavy atom. The van der Waals surface area contributed by atoms with Crippen molar-refractivity contribution in [2.45, 2.75) is 180 Å². The van der Waals surface area contributed by atoms with Crippen molar-refractivity contribution in [3.63, 3.8) is 0 Å². The molecule has 2 atom stereocenters. The van der Waals surface area contributed by atoms with Crippen molar-refractivity contribution in [2.24, 2.45) is 5.73 Å². The van der Waals surface area contributed by atoms with Crippen molar-refractivity contribution in [1.29, 1.82) is 0 Å². The Morgan fingerprint density at radius 1 is 0.625 bits per heavy atom. The minimum Gasteiger partial charge on any atom is -0.492 e. The molecule has 0 aromatic rings. The Hall–Kier alpha value is -1.44. The van der Waals surface area contributed by atoms with Crippen LogP contribution in [-0.4, -0.2) is 43.3 Å². The van der Waals surface area contributed by atoms with E-state index in [9.17, 15) is 14.3 Å². The van der Waals surface area contributed by atoms with E-state index < -0.39 is 13.9 Å². The molecular formula is C39H74NO7P. The second-order valence-corrected chi connectivity index (χ2v) is 14.3. The summed E-state index contributed by atoms with van der Waals surface area (Å²) < 4.78 is 33.1. The lowest BCUT2D eigenvalue weighted by atomic mass is 10.1. The van der Waals surface area contributed by atoms with Gasteiger partial charge in [-0.2, -0.15) is 0 Å². The summed E-state index contributed by atoms with van der Waals surface area (Å²) in [5.41, 5.74) is 5.35. The zero-order valence-electron chi connectivity index (χ0n) is 31.0. The molecule has 0 saturated heterocycles. The Bertz CT molecular complexity index is 833. The van der Waals surface area contributed by atoms with Gasteiger partial charge < -0.3 is 20.1 Å². The Balaban J connectivity index is 4.17. The predicted octanol–water partition coefficient (Wildman–Crippen LogP) is 11.4. The van der Waals surface area contributed by atoms with E-state index in [1.807, 2.05) is 6.08 Å². The first-order chi connectivity index (χ1) is 23.4. The number of unbranched alkanes of at least 4 members (excludes halogenated alkanes) is 20. The number of esters is 1. The molecule has 8 nitrogen and oxygen atoms in total. The van der Waals surface area contributed by atoms with E-state index in [-0.39, 0.29) is 32.3 Å². The lowest BCUT2D eigenvalue weighted by Gasteiger charge is -2.19. The average Bonchev–Trinajstić information content (AvgIpc) is 3.08. The summed E-state index contributed by atoms with van der Waals surface area (Å²) in [6.07, 6.45) is 41.1. The van der Waals surface area contributed by atoms with Crippen molar-refractivity contribution in [3.8, 4) is 0 Å². The topological polar surface area (TPSA) is 117 Å². The first-order valence-corrected chi connectivity index (χ1v) is 21.0. The van der Waals surface area contributed by atoms with Crippen LogP contribution in [0, 0.1) is 0 Å². The zero-order valence-corrected chi connectivity index (χ0v) is 31.9. The highest BCUT2D eigenvalue weighted by atomic mass is 31.2. The van der Waals surface area contributed by atoms with Crippen LogP contribution < -0.4 is 5.73 Å². The van der Waals surface area contributed by atoms with Gasteiger partial charge in [-0.25, -0.2) is 4.57 Å². The van der Waals surface area contributed by atoms with Crippen molar-refractivity contribution in [2.75, 3.05) is 26.4 Å². The van der Waals surface area contributed by atoms with Gasteiger partial charge in [0.2, 0.25) is 0 Å². The summed E-state index contributed by atoms with van der Waals surface area (Å²) >= 11 is 0. The van der Waals surface area contributed by atoms with E-state index in [2.05, 4.69) is 38.2 Å². The largest absolute Gasteiger partial charge is 0.492 e. The van der Waals surface area contributed by atoms with Crippen LogP contribution in [0.25, 0.3) is 0 Å². The van der Waals surface area contributed by atoms with Gasteiger partial charge in [-0.3, -0.25) is 13.8 Å². The molecule has 0 aliphatic heterocycles. The number of carbonyl (C=O) groups excluding carboxylic acids is 1. The van der Waals surface area contributed by atoms with Crippen LogP contribution >= 0.6 is 7.82 Å². The molecule has 3 N–H and O–H groups in total. The van der Waals surface area contributed by atoms with E-state index in [1.54, 1.807) is 6.26 Å². The van der Waals surface area contributed by atoms with Gasteiger partial charge in [-0.15, -0.1) is 0 Å². The summed E-state index contributed by atoms with van der Waals surface area (Å²) in [6.45, 7) is 4.17. The second kappa shape index (κ2) is 36.8. The summed E-state index contributed by atoms with van der Waals surface area (Å²) in [6, 6.07) is 0. The van der Waals surface area contributed by atoms with Gasteiger partial charge in [0.15, 0.2) is 6.10 Å². The third kappa shape index (κ3) is 35.9. The number of carbonyl (C=O) groups is 1. The van der Waals surface area contributed by atoms with E-state index in [1.165, 1.54) is 103 Å². The summed E-state index contributed by atoms with van der Waals surface area (Å²) in [7, 11) is -4.27. The predicted molar refractivity (Wildman–Crippen MR) is 201 cm³/mol. The minimum atomic E-state index is -4.27. The first kappa shape index (κ1) is 46.6. The monoisotopic (exact) mass is 700 g/mol. The van der Waals surface area contributed by atoms with Crippen molar-refractivity contribution in [3.05, 3.63) is 36.6 Å². The molecule has 0 spiro atoms. The molecule has 0 heterocycles. The highest BCUT2D eigenvalue weighted by molar-refractivity contribution is 7.47. The maximum Gasteiger partial charge on any atom is 0.472 e. The summed E-state index contributed by atoms with van der Waals surface area (Å²) in [5, 5.41) is 0. The molecule has 0 radical (unpaired) electrons. The van der Waals surface area contributed by atoms with Gasteiger partial charge in [0.1, 0.15) is 6.61 Å². The maximum atomic E-state index is 12.3.